The van der Waals surface area contributed by atoms with Gasteiger partial charge in [-0.25, -0.2) is 4.79 Å². The topological polar surface area (TPSA) is 62.4 Å². The second kappa shape index (κ2) is 3.76. The molecule has 1 amide bonds. The molecule has 0 spiro atoms. The minimum atomic E-state index is -0.327. The Morgan fingerprint density at radius 1 is 1.53 bits per heavy atom. The van der Waals surface area contributed by atoms with Gasteiger partial charge in [0.2, 0.25) is 5.56 Å². The van der Waals surface area contributed by atoms with Crippen LogP contribution in [-0.4, -0.2) is 29.6 Å². The number of hydrogen-bond donors (Lipinski definition) is 1. The summed E-state index contributed by atoms with van der Waals surface area (Å²) in [6.45, 7) is 1.08. The fourth-order valence-corrected chi connectivity index (χ4v) is 1.74. The maximum absolute atomic E-state index is 11.3. The van der Waals surface area contributed by atoms with Crippen LogP contribution in [0.25, 0.3) is 0 Å². The molecule has 1 aromatic heterocycles. The van der Waals surface area contributed by atoms with Gasteiger partial charge in [0.25, 0.3) is 0 Å². The third-order valence-corrected chi connectivity index (χ3v) is 2.52. The van der Waals surface area contributed by atoms with Gasteiger partial charge in [-0.15, -0.1) is 0 Å². The average molecular weight is 208 g/mol. The summed E-state index contributed by atoms with van der Waals surface area (Å²) in [5, 5.41) is 0. The third kappa shape index (κ3) is 1.86. The molecule has 1 aromatic rings. The zero-order valence-electron chi connectivity index (χ0n) is 8.45. The van der Waals surface area contributed by atoms with Crippen LogP contribution >= 0.6 is 0 Å². The molecule has 2 heterocycles. The zero-order chi connectivity index (χ0) is 10.8. The van der Waals surface area contributed by atoms with Crippen LogP contribution in [0, 0.1) is 0 Å². The summed E-state index contributed by atoms with van der Waals surface area (Å²) in [5.74, 6) is 0. The van der Waals surface area contributed by atoms with Crippen molar-refractivity contribution in [3.8, 4) is 0 Å². The van der Waals surface area contributed by atoms with Crippen LogP contribution in [0.5, 0.6) is 0 Å². The molecule has 1 aliphatic heterocycles. The first-order valence-electron chi connectivity index (χ1n) is 4.74. The normalized spacial score (nSPS) is 14.6. The molecule has 0 aromatic carbocycles. The fraction of sp³-hybridized carbons (Fsp3) is 0.400. The van der Waals surface area contributed by atoms with Crippen LogP contribution in [0.1, 0.15) is 11.3 Å². The Balaban J connectivity index is 2.24. The molecule has 0 atom stereocenters. The molecular formula is C10H12N2O3. The van der Waals surface area contributed by atoms with Gasteiger partial charge in [0.15, 0.2) is 0 Å². The van der Waals surface area contributed by atoms with Gasteiger partial charge < -0.3 is 14.6 Å². The van der Waals surface area contributed by atoms with Gasteiger partial charge in [0.1, 0.15) is 0 Å². The largest absolute Gasteiger partial charge is 0.453 e. The van der Waals surface area contributed by atoms with E-state index in [1.807, 2.05) is 0 Å². The summed E-state index contributed by atoms with van der Waals surface area (Å²) < 4.78 is 4.64. The molecule has 0 radical (unpaired) electrons. The first-order chi connectivity index (χ1) is 7.20. The standard InChI is InChI=1S/C10H12N2O3/c1-15-10(14)12-5-4-8-7(6-12)2-3-9(13)11-8/h2-3H,4-6H2,1H3,(H,11,13). The first-order valence-corrected chi connectivity index (χ1v) is 4.74. The van der Waals surface area contributed by atoms with Gasteiger partial charge in [0, 0.05) is 24.7 Å². The lowest BCUT2D eigenvalue weighted by Gasteiger charge is -2.26. The number of pyridine rings is 1. The van der Waals surface area contributed by atoms with E-state index < -0.39 is 0 Å². The van der Waals surface area contributed by atoms with Crippen molar-refractivity contribution in [2.24, 2.45) is 0 Å². The summed E-state index contributed by atoms with van der Waals surface area (Å²) in [6.07, 6.45) is 0.340. The van der Waals surface area contributed by atoms with Crippen LogP contribution in [0.3, 0.4) is 0 Å². The highest BCUT2D eigenvalue weighted by atomic mass is 16.5. The number of amides is 1. The summed E-state index contributed by atoms with van der Waals surface area (Å²) in [6, 6.07) is 3.23. The van der Waals surface area contributed by atoms with Crippen molar-refractivity contribution in [3.05, 3.63) is 33.7 Å². The van der Waals surface area contributed by atoms with Gasteiger partial charge in [-0.1, -0.05) is 6.07 Å². The van der Waals surface area contributed by atoms with Crippen LogP contribution in [0.15, 0.2) is 16.9 Å². The van der Waals surface area contributed by atoms with E-state index in [2.05, 4.69) is 9.72 Å². The van der Waals surface area contributed by atoms with Crippen molar-refractivity contribution >= 4 is 6.09 Å². The maximum Gasteiger partial charge on any atom is 0.409 e. The Morgan fingerprint density at radius 3 is 3.07 bits per heavy atom. The molecule has 5 heteroatoms. The number of H-pyrrole nitrogens is 1. The minimum absolute atomic E-state index is 0.0970. The number of ether oxygens (including phenoxy) is 1. The van der Waals surface area contributed by atoms with E-state index in [0.717, 1.165) is 11.3 Å². The highest BCUT2D eigenvalue weighted by Crippen LogP contribution is 2.15. The Hall–Kier alpha value is -1.78. The Morgan fingerprint density at radius 2 is 2.33 bits per heavy atom. The van der Waals surface area contributed by atoms with Crippen molar-refractivity contribution in [2.75, 3.05) is 13.7 Å². The number of aromatic amines is 1. The third-order valence-electron chi connectivity index (χ3n) is 2.52. The van der Waals surface area contributed by atoms with E-state index in [4.69, 9.17) is 0 Å². The van der Waals surface area contributed by atoms with Gasteiger partial charge in [-0.2, -0.15) is 0 Å². The summed E-state index contributed by atoms with van der Waals surface area (Å²) in [7, 11) is 1.37. The molecule has 0 fully saturated rings. The van der Waals surface area contributed by atoms with Crippen molar-refractivity contribution < 1.29 is 9.53 Å². The molecule has 0 saturated heterocycles. The number of carbonyl (C=O) groups is 1. The predicted octanol–water partition coefficient (Wildman–Crippen LogP) is 0.499. The summed E-state index contributed by atoms with van der Waals surface area (Å²) in [5.41, 5.74) is 1.80. The number of aromatic nitrogens is 1. The van der Waals surface area contributed by atoms with Gasteiger partial charge >= 0.3 is 6.09 Å². The molecule has 15 heavy (non-hydrogen) atoms. The van der Waals surface area contributed by atoms with Crippen LogP contribution in [0.4, 0.5) is 4.79 Å². The lowest BCUT2D eigenvalue weighted by molar-refractivity contribution is 0.118. The van der Waals surface area contributed by atoms with Gasteiger partial charge in [-0.05, 0) is 5.56 Å². The van der Waals surface area contributed by atoms with Crippen molar-refractivity contribution in [1.29, 1.82) is 0 Å². The van der Waals surface area contributed by atoms with Gasteiger partial charge in [0.05, 0.1) is 13.7 Å². The molecular weight excluding hydrogens is 196 g/mol. The number of fused-ring (bicyclic) bond motifs is 1. The molecule has 2 rings (SSSR count). The number of nitrogens with zero attached hydrogens (tertiary/aromatic N) is 1. The number of rotatable bonds is 0. The van der Waals surface area contributed by atoms with E-state index in [0.29, 0.717) is 19.5 Å². The Labute approximate surface area is 86.7 Å². The first kappa shape index (κ1) is 9.76. The Bertz CT molecular complexity index is 439. The lowest BCUT2D eigenvalue weighted by atomic mass is 10.1. The van der Waals surface area contributed by atoms with E-state index >= 15 is 0 Å². The van der Waals surface area contributed by atoms with Crippen LogP contribution in [-0.2, 0) is 17.7 Å². The average Bonchev–Trinajstić information content (AvgIpc) is 2.27. The summed E-state index contributed by atoms with van der Waals surface area (Å²) in [4.78, 5) is 26.7. The SMILES string of the molecule is COC(=O)N1CCc2[nH]c(=O)ccc2C1. The van der Waals surface area contributed by atoms with Crippen molar-refractivity contribution in [1.82, 2.24) is 9.88 Å². The Kier molecular flexibility index (Phi) is 2.45. The minimum Gasteiger partial charge on any atom is -0.453 e. The van der Waals surface area contributed by atoms with E-state index in [1.165, 1.54) is 13.2 Å². The molecule has 0 saturated carbocycles. The van der Waals surface area contributed by atoms with Crippen LogP contribution in [0.2, 0.25) is 0 Å². The van der Waals surface area contributed by atoms with Crippen molar-refractivity contribution in [2.45, 2.75) is 13.0 Å². The fourth-order valence-electron chi connectivity index (χ4n) is 1.74. The van der Waals surface area contributed by atoms with E-state index in [1.54, 1.807) is 11.0 Å². The summed E-state index contributed by atoms with van der Waals surface area (Å²) >= 11 is 0. The highest BCUT2D eigenvalue weighted by molar-refractivity contribution is 5.67. The number of carbonyl (C=O) groups excluding carboxylic acids is 1. The zero-order valence-corrected chi connectivity index (χ0v) is 8.45. The van der Waals surface area contributed by atoms with Crippen molar-refractivity contribution in [3.63, 3.8) is 0 Å². The van der Waals surface area contributed by atoms with Crippen LogP contribution < -0.4 is 5.56 Å². The molecule has 0 unspecified atom stereocenters. The second-order valence-corrected chi connectivity index (χ2v) is 3.47. The number of nitrogens with one attached hydrogen (secondary N) is 1. The molecule has 80 valence electrons. The molecule has 5 nitrogen and oxygen atoms in total. The smallest absolute Gasteiger partial charge is 0.409 e. The van der Waals surface area contributed by atoms with E-state index in [9.17, 15) is 9.59 Å². The van der Waals surface area contributed by atoms with E-state index in [-0.39, 0.29) is 11.7 Å². The molecule has 0 aliphatic carbocycles. The molecule has 1 N–H and O–H groups in total. The highest BCUT2D eigenvalue weighted by Gasteiger charge is 2.21. The number of hydrogen-bond acceptors (Lipinski definition) is 3. The second-order valence-electron chi connectivity index (χ2n) is 3.47. The van der Waals surface area contributed by atoms with Gasteiger partial charge in [-0.3, -0.25) is 4.79 Å². The molecule has 0 bridgehead atoms. The number of methoxy groups -OCH3 is 1. The lowest BCUT2D eigenvalue weighted by Crippen LogP contribution is -2.36. The quantitative estimate of drug-likeness (QED) is 0.675. The monoisotopic (exact) mass is 208 g/mol. The molecule has 1 aliphatic rings. The maximum atomic E-state index is 11.3. The predicted molar refractivity (Wildman–Crippen MR) is 53.6 cm³/mol.